The predicted molar refractivity (Wildman–Crippen MR) is 138 cm³/mol. The molecule has 2 fully saturated rings. The lowest BCUT2D eigenvalue weighted by Crippen LogP contribution is -2.21. The zero-order valence-electron chi connectivity index (χ0n) is 20.9. The number of benzene rings is 1. The largest absolute Gasteiger partial charge is 0.256 e. The molecule has 2 aliphatic carbocycles. The number of nitrogens with zero attached hydrogens (tertiary/aromatic N) is 1. The molecule has 174 valence electrons. The van der Waals surface area contributed by atoms with Gasteiger partial charge in [0.25, 0.3) is 0 Å². The molecule has 1 aromatic heterocycles. The standard InChI is InChI=1S/C31H45N/c1-4-6-8-24-9-11-27(12-10-24)30-19-20-31(32-22-30)28-16-14-26(15-17-28)29-18-13-25(7-5-2)23(3)21-29/h14-17,19-20,22-25,27,29H,4-13,18,21H2,1-3H3/t23-,24?,25-,27?,29-/m1/s1. The fourth-order valence-corrected chi connectivity index (χ4v) is 6.58. The molecule has 3 atom stereocenters. The summed E-state index contributed by atoms with van der Waals surface area (Å²) in [5.74, 6) is 4.26. The van der Waals surface area contributed by atoms with Gasteiger partial charge in [0, 0.05) is 11.8 Å². The molecule has 1 heterocycles. The van der Waals surface area contributed by atoms with Gasteiger partial charge in [-0.25, -0.2) is 0 Å². The maximum Gasteiger partial charge on any atom is 0.0702 e. The van der Waals surface area contributed by atoms with E-state index in [0.29, 0.717) is 0 Å². The van der Waals surface area contributed by atoms with Crippen molar-refractivity contribution in [1.82, 2.24) is 4.98 Å². The average Bonchev–Trinajstić information content (AvgIpc) is 2.85. The molecule has 0 saturated heterocycles. The van der Waals surface area contributed by atoms with Crippen LogP contribution in [0.2, 0.25) is 0 Å². The third-order valence-corrected chi connectivity index (χ3v) is 8.75. The molecule has 0 bridgehead atoms. The first kappa shape index (κ1) is 23.5. The summed E-state index contributed by atoms with van der Waals surface area (Å²) < 4.78 is 0. The Hall–Kier alpha value is -1.63. The van der Waals surface area contributed by atoms with Crippen LogP contribution >= 0.6 is 0 Å². The Morgan fingerprint density at radius 2 is 1.47 bits per heavy atom. The van der Waals surface area contributed by atoms with Crippen LogP contribution in [0.25, 0.3) is 11.3 Å². The summed E-state index contributed by atoms with van der Waals surface area (Å²) in [6, 6.07) is 14.0. The zero-order valence-corrected chi connectivity index (χ0v) is 20.9. The monoisotopic (exact) mass is 431 g/mol. The first-order chi connectivity index (χ1) is 15.7. The van der Waals surface area contributed by atoms with E-state index in [1.807, 2.05) is 0 Å². The Morgan fingerprint density at radius 1 is 0.750 bits per heavy atom. The third kappa shape index (κ3) is 5.83. The molecule has 0 N–H and O–H groups in total. The molecule has 2 aliphatic rings. The number of unbranched alkanes of at least 4 members (excludes halogenated alkanes) is 1. The maximum absolute atomic E-state index is 4.88. The van der Waals surface area contributed by atoms with Crippen molar-refractivity contribution >= 4 is 0 Å². The SMILES string of the molecule is CCCCC1CCC(c2ccc(-c3ccc([C@@H]4CC[C@@H](CCC)[C@H](C)C4)cc3)nc2)CC1. The lowest BCUT2D eigenvalue weighted by atomic mass is 9.71. The number of aromatic nitrogens is 1. The van der Waals surface area contributed by atoms with E-state index in [1.165, 1.54) is 93.7 Å². The minimum Gasteiger partial charge on any atom is -0.256 e. The van der Waals surface area contributed by atoms with E-state index in [1.54, 1.807) is 0 Å². The van der Waals surface area contributed by atoms with Gasteiger partial charge < -0.3 is 0 Å². The molecular formula is C31H45N. The van der Waals surface area contributed by atoms with E-state index in [4.69, 9.17) is 4.98 Å². The Balaban J connectivity index is 1.33. The summed E-state index contributed by atoms with van der Waals surface area (Å²) in [6.45, 7) is 7.12. The van der Waals surface area contributed by atoms with Gasteiger partial charge >= 0.3 is 0 Å². The number of hydrogen-bond acceptors (Lipinski definition) is 1. The number of hydrogen-bond donors (Lipinski definition) is 0. The zero-order chi connectivity index (χ0) is 22.3. The molecule has 2 aromatic rings. The van der Waals surface area contributed by atoms with E-state index in [9.17, 15) is 0 Å². The van der Waals surface area contributed by atoms with Gasteiger partial charge in [0.15, 0.2) is 0 Å². The second-order valence-corrected chi connectivity index (χ2v) is 11.0. The van der Waals surface area contributed by atoms with Gasteiger partial charge in [-0.3, -0.25) is 4.98 Å². The van der Waals surface area contributed by atoms with Gasteiger partial charge in [0.05, 0.1) is 5.69 Å². The van der Waals surface area contributed by atoms with E-state index in [0.717, 1.165) is 35.3 Å². The van der Waals surface area contributed by atoms with Gasteiger partial charge in [-0.15, -0.1) is 0 Å². The molecule has 2 saturated carbocycles. The third-order valence-electron chi connectivity index (χ3n) is 8.75. The first-order valence-corrected chi connectivity index (χ1v) is 13.7. The summed E-state index contributed by atoms with van der Waals surface area (Å²) in [6.07, 6.45) is 18.7. The molecule has 4 rings (SSSR count). The molecule has 32 heavy (non-hydrogen) atoms. The van der Waals surface area contributed by atoms with E-state index >= 15 is 0 Å². The highest BCUT2D eigenvalue weighted by molar-refractivity contribution is 5.59. The van der Waals surface area contributed by atoms with Crippen molar-refractivity contribution in [2.45, 2.75) is 110 Å². The average molecular weight is 432 g/mol. The summed E-state index contributed by atoms with van der Waals surface area (Å²) in [5, 5.41) is 0. The predicted octanol–water partition coefficient (Wildman–Crippen LogP) is 9.53. The van der Waals surface area contributed by atoms with Crippen LogP contribution in [-0.4, -0.2) is 4.98 Å². The topological polar surface area (TPSA) is 12.9 Å². The Kier molecular flexibility index (Phi) is 8.44. The van der Waals surface area contributed by atoms with Crippen molar-refractivity contribution in [3.8, 4) is 11.3 Å². The molecule has 0 aliphatic heterocycles. The highest BCUT2D eigenvalue weighted by Crippen LogP contribution is 2.42. The van der Waals surface area contributed by atoms with E-state index < -0.39 is 0 Å². The van der Waals surface area contributed by atoms with Crippen LogP contribution in [0, 0.1) is 17.8 Å². The van der Waals surface area contributed by atoms with Crippen LogP contribution in [-0.2, 0) is 0 Å². The molecule has 0 radical (unpaired) electrons. The van der Waals surface area contributed by atoms with Crippen LogP contribution in [0.1, 0.15) is 121 Å². The fourth-order valence-electron chi connectivity index (χ4n) is 6.58. The molecule has 1 heteroatoms. The van der Waals surface area contributed by atoms with Crippen LogP contribution in [0.15, 0.2) is 42.6 Å². The van der Waals surface area contributed by atoms with Crippen molar-refractivity contribution in [3.63, 3.8) is 0 Å². The van der Waals surface area contributed by atoms with Crippen molar-refractivity contribution < 1.29 is 0 Å². The Morgan fingerprint density at radius 3 is 2.09 bits per heavy atom. The number of pyridine rings is 1. The van der Waals surface area contributed by atoms with Crippen molar-refractivity contribution in [2.24, 2.45) is 17.8 Å². The lowest BCUT2D eigenvalue weighted by Gasteiger charge is -2.34. The fraction of sp³-hybridized carbons (Fsp3) is 0.645. The van der Waals surface area contributed by atoms with Crippen molar-refractivity contribution in [1.29, 1.82) is 0 Å². The van der Waals surface area contributed by atoms with E-state index in [2.05, 4.69) is 63.4 Å². The summed E-state index contributed by atoms with van der Waals surface area (Å²) >= 11 is 0. The maximum atomic E-state index is 4.88. The molecular weight excluding hydrogens is 386 g/mol. The van der Waals surface area contributed by atoms with Crippen LogP contribution in [0.3, 0.4) is 0 Å². The Bertz CT molecular complexity index is 797. The number of rotatable bonds is 8. The van der Waals surface area contributed by atoms with Crippen LogP contribution in [0.5, 0.6) is 0 Å². The van der Waals surface area contributed by atoms with E-state index in [-0.39, 0.29) is 0 Å². The summed E-state index contributed by atoms with van der Waals surface area (Å²) in [4.78, 5) is 4.88. The van der Waals surface area contributed by atoms with Gasteiger partial charge in [0.1, 0.15) is 0 Å². The normalized spacial score (nSPS) is 28.5. The van der Waals surface area contributed by atoms with Gasteiger partial charge in [-0.05, 0) is 91.7 Å². The summed E-state index contributed by atoms with van der Waals surface area (Å²) in [5.41, 5.74) is 5.37. The van der Waals surface area contributed by atoms with Gasteiger partial charge in [-0.1, -0.05) is 83.2 Å². The lowest BCUT2D eigenvalue weighted by molar-refractivity contribution is 0.218. The summed E-state index contributed by atoms with van der Waals surface area (Å²) in [7, 11) is 0. The Labute approximate surface area is 197 Å². The smallest absolute Gasteiger partial charge is 0.0702 e. The van der Waals surface area contributed by atoms with Crippen molar-refractivity contribution in [2.75, 3.05) is 0 Å². The molecule has 1 aromatic carbocycles. The highest BCUT2D eigenvalue weighted by Gasteiger charge is 2.27. The van der Waals surface area contributed by atoms with Crippen molar-refractivity contribution in [3.05, 3.63) is 53.7 Å². The molecule has 0 spiro atoms. The van der Waals surface area contributed by atoms with Gasteiger partial charge in [-0.2, -0.15) is 0 Å². The second-order valence-electron chi connectivity index (χ2n) is 11.0. The highest BCUT2D eigenvalue weighted by atomic mass is 14.7. The first-order valence-electron chi connectivity index (χ1n) is 13.7. The quantitative estimate of drug-likeness (QED) is 0.405. The molecule has 1 nitrogen and oxygen atoms in total. The molecule has 0 unspecified atom stereocenters. The minimum absolute atomic E-state index is 0.724. The minimum atomic E-state index is 0.724. The molecule has 0 amide bonds. The second kappa shape index (κ2) is 11.5. The van der Waals surface area contributed by atoms with Gasteiger partial charge in [0.2, 0.25) is 0 Å². The van der Waals surface area contributed by atoms with Crippen LogP contribution in [0.4, 0.5) is 0 Å². The van der Waals surface area contributed by atoms with Crippen LogP contribution < -0.4 is 0 Å².